The number of carbonyl (C=O) groups is 3. The highest BCUT2D eigenvalue weighted by Crippen LogP contribution is 2.18. The summed E-state index contributed by atoms with van der Waals surface area (Å²) < 4.78 is 0. The number of amides is 3. The SMILES string of the molecule is Cc1ccccc1C(=O)NC(C(=O)NCC(=O)NC1CC1)C(C)C. The zero-order valence-electron chi connectivity index (χ0n) is 14.4. The molecule has 1 aliphatic carbocycles. The highest BCUT2D eigenvalue weighted by molar-refractivity contribution is 5.99. The van der Waals surface area contributed by atoms with Crippen LogP contribution in [0.25, 0.3) is 0 Å². The second kappa shape index (κ2) is 7.95. The van der Waals surface area contributed by atoms with Gasteiger partial charge in [-0.3, -0.25) is 14.4 Å². The van der Waals surface area contributed by atoms with Crippen LogP contribution in [-0.2, 0) is 9.59 Å². The minimum Gasteiger partial charge on any atom is -0.352 e. The van der Waals surface area contributed by atoms with Gasteiger partial charge in [0, 0.05) is 11.6 Å². The maximum atomic E-state index is 12.4. The van der Waals surface area contributed by atoms with Crippen molar-refractivity contribution in [3.8, 4) is 0 Å². The van der Waals surface area contributed by atoms with E-state index in [9.17, 15) is 14.4 Å². The zero-order valence-corrected chi connectivity index (χ0v) is 14.4. The Kier molecular flexibility index (Phi) is 5.95. The first-order valence-corrected chi connectivity index (χ1v) is 8.32. The molecule has 0 bridgehead atoms. The highest BCUT2D eigenvalue weighted by atomic mass is 16.2. The van der Waals surface area contributed by atoms with E-state index in [2.05, 4.69) is 16.0 Å². The van der Waals surface area contributed by atoms with E-state index in [4.69, 9.17) is 0 Å². The van der Waals surface area contributed by atoms with Gasteiger partial charge in [0.25, 0.3) is 5.91 Å². The fourth-order valence-electron chi connectivity index (χ4n) is 2.37. The molecule has 1 fully saturated rings. The summed E-state index contributed by atoms with van der Waals surface area (Å²) in [5.74, 6) is -0.926. The molecule has 2 rings (SSSR count). The maximum absolute atomic E-state index is 12.4. The van der Waals surface area contributed by atoms with Crippen molar-refractivity contribution in [2.24, 2.45) is 5.92 Å². The number of hydrogen-bond donors (Lipinski definition) is 3. The summed E-state index contributed by atoms with van der Waals surface area (Å²) in [4.78, 5) is 36.4. The Morgan fingerprint density at radius 3 is 2.42 bits per heavy atom. The minimum absolute atomic E-state index is 0.0706. The van der Waals surface area contributed by atoms with Crippen molar-refractivity contribution in [1.82, 2.24) is 16.0 Å². The average molecular weight is 331 g/mol. The largest absolute Gasteiger partial charge is 0.352 e. The summed E-state index contributed by atoms with van der Waals surface area (Å²) in [6.45, 7) is 5.49. The second-order valence-corrected chi connectivity index (χ2v) is 6.57. The van der Waals surface area contributed by atoms with Crippen molar-refractivity contribution in [1.29, 1.82) is 0 Å². The van der Waals surface area contributed by atoms with E-state index in [1.165, 1.54) is 0 Å². The van der Waals surface area contributed by atoms with Crippen molar-refractivity contribution in [3.63, 3.8) is 0 Å². The molecule has 24 heavy (non-hydrogen) atoms. The molecule has 0 heterocycles. The van der Waals surface area contributed by atoms with Crippen LogP contribution in [-0.4, -0.2) is 36.3 Å². The molecule has 1 aromatic rings. The molecule has 0 aromatic heterocycles. The summed E-state index contributed by atoms with van der Waals surface area (Å²) in [5, 5.41) is 8.18. The van der Waals surface area contributed by atoms with Gasteiger partial charge >= 0.3 is 0 Å². The molecule has 1 aromatic carbocycles. The van der Waals surface area contributed by atoms with Crippen molar-refractivity contribution in [3.05, 3.63) is 35.4 Å². The molecule has 1 saturated carbocycles. The zero-order chi connectivity index (χ0) is 17.7. The van der Waals surface area contributed by atoms with Crippen LogP contribution in [0.2, 0.25) is 0 Å². The molecule has 130 valence electrons. The van der Waals surface area contributed by atoms with Crippen molar-refractivity contribution >= 4 is 17.7 Å². The Labute approximate surface area is 142 Å². The third kappa shape index (κ3) is 5.08. The smallest absolute Gasteiger partial charge is 0.252 e. The molecule has 0 saturated heterocycles. The maximum Gasteiger partial charge on any atom is 0.252 e. The van der Waals surface area contributed by atoms with Gasteiger partial charge in [0.15, 0.2) is 0 Å². The van der Waals surface area contributed by atoms with Crippen LogP contribution in [0, 0.1) is 12.8 Å². The predicted octanol–water partition coefficient (Wildman–Crippen LogP) is 1.14. The molecule has 0 aliphatic heterocycles. The van der Waals surface area contributed by atoms with Gasteiger partial charge < -0.3 is 16.0 Å². The average Bonchev–Trinajstić information content (AvgIpc) is 3.34. The summed E-state index contributed by atoms with van der Waals surface area (Å²) in [7, 11) is 0. The molecule has 0 spiro atoms. The molecule has 6 nitrogen and oxygen atoms in total. The van der Waals surface area contributed by atoms with E-state index in [0.29, 0.717) is 5.56 Å². The number of rotatable bonds is 7. The van der Waals surface area contributed by atoms with Crippen molar-refractivity contribution < 1.29 is 14.4 Å². The van der Waals surface area contributed by atoms with E-state index in [0.717, 1.165) is 18.4 Å². The molecule has 1 unspecified atom stereocenters. The van der Waals surface area contributed by atoms with Gasteiger partial charge in [-0.25, -0.2) is 0 Å². The normalized spacial score (nSPS) is 14.8. The lowest BCUT2D eigenvalue weighted by molar-refractivity contribution is -0.127. The third-order valence-corrected chi connectivity index (χ3v) is 3.99. The molecule has 6 heteroatoms. The van der Waals surface area contributed by atoms with Crippen LogP contribution in [0.1, 0.15) is 42.6 Å². The number of carbonyl (C=O) groups excluding carboxylic acids is 3. The van der Waals surface area contributed by atoms with Crippen molar-refractivity contribution in [2.45, 2.75) is 45.7 Å². The molecular formula is C18H25N3O3. The van der Waals surface area contributed by atoms with E-state index < -0.39 is 6.04 Å². The lowest BCUT2D eigenvalue weighted by Gasteiger charge is -2.22. The minimum atomic E-state index is -0.689. The Balaban J connectivity index is 1.92. The van der Waals surface area contributed by atoms with E-state index >= 15 is 0 Å². The molecule has 0 radical (unpaired) electrons. The summed E-state index contributed by atoms with van der Waals surface area (Å²) >= 11 is 0. The first-order chi connectivity index (χ1) is 11.4. The number of hydrogen-bond acceptors (Lipinski definition) is 3. The monoisotopic (exact) mass is 331 g/mol. The van der Waals surface area contributed by atoms with Gasteiger partial charge in [-0.1, -0.05) is 32.0 Å². The van der Waals surface area contributed by atoms with Gasteiger partial charge in [-0.15, -0.1) is 0 Å². The summed E-state index contributed by atoms with van der Waals surface area (Å²) in [6.07, 6.45) is 2.00. The summed E-state index contributed by atoms with van der Waals surface area (Å²) in [6, 6.07) is 6.79. The van der Waals surface area contributed by atoms with Crippen LogP contribution in [0.15, 0.2) is 24.3 Å². The molecule has 1 atom stereocenters. The number of nitrogens with one attached hydrogen (secondary N) is 3. The Morgan fingerprint density at radius 1 is 1.17 bits per heavy atom. The van der Waals surface area contributed by atoms with Crippen molar-refractivity contribution in [2.75, 3.05) is 6.54 Å². The topological polar surface area (TPSA) is 87.3 Å². The fraction of sp³-hybridized carbons (Fsp3) is 0.500. The quantitative estimate of drug-likeness (QED) is 0.700. The Hall–Kier alpha value is -2.37. The molecule has 3 amide bonds. The highest BCUT2D eigenvalue weighted by Gasteiger charge is 2.27. The van der Waals surface area contributed by atoms with Crippen LogP contribution in [0.4, 0.5) is 0 Å². The van der Waals surface area contributed by atoms with Gasteiger partial charge in [0.2, 0.25) is 11.8 Å². The van der Waals surface area contributed by atoms with Crippen LogP contribution in [0.3, 0.4) is 0 Å². The van der Waals surface area contributed by atoms with Crippen LogP contribution >= 0.6 is 0 Å². The first kappa shape index (κ1) is 18.0. The fourth-order valence-corrected chi connectivity index (χ4v) is 2.37. The molecular weight excluding hydrogens is 306 g/mol. The van der Waals surface area contributed by atoms with E-state index in [1.807, 2.05) is 32.9 Å². The molecule has 1 aliphatic rings. The molecule has 3 N–H and O–H groups in total. The van der Waals surface area contributed by atoms with Crippen LogP contribution < -0.4 is 16.0 Å². The lowest BCUT2D eigenvalue weighted by Crippen LogP contribution is -2.51. The lowest BCUT2D eigenvalue weighted by atomic mass is 10.0. The third-order valence-electron chi connectivity index (χ3n) is 3.99. The Bertz CT molecular complexity index is 624. The standard InChI is InChI=1S/C18H25N3O3/c1-11(2)16(18(24)19-10-15(22)20-13-8-9-13)21-17(23)14-7-5-4-6-12(14)3/h4-7,11,13,16H,8-10H2,1-3H3,(H,19,24)(H,20,22)(H,21,23). The summed E-state index contributed by atoms with van der Waals surface area (Å²) in [5.41, 5.74) is 1.39. The van der Waals surface area contributed by atoms with Gasteiger partial charge in [0.05, 0.1) is 6.54 Å². The van der Waals surface area contributed by atoms with Gasteiger partial charge in [0.1, 0.15) is 6.04 Å². The Morgan fingerprint density at radius 2 is 1.83 bits per heavy atom. The van der Waals surface area contributed by atoms with Gasteiger partial charge in [-0.2, -0.15) is 0 Å². The van der Waals surface area contributed by atoms with E-state index in [1.54, 1.807) is 12.1 Å². The predicted molar refractivity (Wildman–Crippen MR) is 91.4 cm³/mol. The number of benzene rings is 1. The second-order valence-electron chi connectivity index (χ2n) is 6.57. The first-order valence-electron chi connectivity index (χ1n) is 8.32. The van der Waals surface area contributed by atoms with Gasteiger partial charge in [-0.05, 0) is 37.3 Å². The van der Waals surface area contributed by atoms with Crippen LogP contribution in [0.5, 0.6) is 0 Å². The number of aryl methyl sites for hydroxylation is 1. The van der Waals surface area contributed by atoms with E-state index in [-0.39, 0.29) is 36.2 Å².